The van der Waals surface area contributed by atoms with Crippen molar-refractivity contribution in [3.8, 4) is 11.5 Å². The Bertz CT molecular complexity index is 742. The number of nitrogens with zero attached hydrogens (tertiary/aromatic N) is 2. The molecule has 2 N–H and O–H groups in total. The highest BCUT2D eigenvalue weighted by Gasteiger charge is 2.11. The second-order valence-corrected chi connectivity index (χ2v) is 7.48. The van der Waals surface area contributed by atoms with Crippen LogP contribution in [0, 0.1) is 13.8 Å². The molecule has 1 aromatic heterocycles. The summed E-state index contributed by atoms with van der Waals surface area (Å²) >= 11 is 5.21. The molecule has 2 rings (SSSR count). The van der Waals surface area contributed by atoms with Gasteiger partial charge in [0.25, 0.3) is 0 Å². The molecule has 0 aliphatic rings. The number of hydrogen-bond donors (Lipinski definition) is 2. The second-order valence-electron chi connectivity index (χ2n) is 5.34. The maximum absolute atomic E-state index is 5.37. The van der Waals surface area contributed by atoms with E-state index < -0.39 is 0 Å². The molecule has 1 heterocycles. The number of methoxy groups -OCH3 is 2. The van der Waals surface area contributed by atoms with E-state index in [1.54, 1.807) is 32.6 Å². The van der Waals surface area contributed by atoms with Gasteiger partial charge in [0, 0.05) is 18.5 Å². The largest absolute Gasteiger partial charge is 0.493 e. The van der Waals surface area contributed by atoms with Crippen LogP contribution >= 0.6 is 27.3 Å². The Morgan fingerprint density at radius 2 is 1.92 bits per heavy atom. The van der Waals surface area contributed by atoms with E-state index in [1.807, 2.05) is 19.1 Å². The minimum Gasteiger partial charge on any atom is -0.493 e. The molecule has 0 atom stereocenters. The second kappa shape index (κ2) is 9.05. The Labute approximate surface area is 160 Å². The molecular formula is C17H23BrN4O2S. The number of aromatic nitrogens is 1. The average Bonchev–Trinajstić information content (AvgIpc) is 2.92. The van der Waals surface area contributed by atoms with Gasteiger partial charge in [-0.25, -0.2) is 4.98 Å². The molecule has 0 fully saturated rings. The van der Waals surface area contributed by atoms with Gasteiger partial charge in [-0.05, 0) is 47.5 Å². The molecule has 6 nitrogen and oxygen atoms in total. The Balaban J connectivity index is 1.97. The van der Waals surface area contributed by atoms with Gasteiger partial charge in [0.2, 0.25) is 0 Å². The summed E-state index contributed by atoms with van der Waals surface area (Å²) in [6.07, 6.45) is 0. The molecular weight excluding hydrogens is 404 g/mol. The van der Waals surface area contributed by atoms with E-state index in [4.69, 9.17) is 9.47 Å². The molecule has 2 aromatic rings. The molecule has 0 radical (unpaired) electrons. The van der Waals surface area contributed by atoms with E-state index >= 15 is 0 Å². The number of ether oxygens (including phenoxy) is 2. The van der Waals surface area contributed by atoms with E-state index in [1.165, 1.54) is 4.88 Å². The summed E-state index contributed by atoms with van der Waals surface area (Å²) in [7, 11) is 4.99. The fourth-order valence-corrected chi connectivity index (χ4v) is 3.78. The number of halogens is 1. The fraction of sp³-hybridized carbons (Fsp3) is 0.412. The molecule has 0 saturated carbocycles. The van der Waals surface area contributed by atoms with Crippen LogP contribution in [0.3, 0.4) is 0 Å². The Hall–Kier alpha value is -1.80. The van der Waals surface area contributed by atoms with E-state index in [0.29, 0.717) is 24.6 Å². The first kappa shape index (κ1) is 19.5. The predicted octanol–water partition coefficient (Wildman–Crippen LogP) is 3.40. The predicted molar refractivity (Wildman–Crippen MR) is 106 cm³/mol. The molecule has 0 saturated heterocycles. The minimum atomic E-state index is 0.606. The average molecular weight is 427 g/mol. The Kier molecular flexibility index (Phi) is 7.07. The third-order valence-corrected chi connectivity index (χ3v) is 5.32. The van der Waals surface area contributed by atoms with Gasteiger partial charge in [0.1, 0.15) is 5.01 Å². The zero-order valence-corrected chi connectivity index (χ0v) is 17.5. The highest BCUT2D eigenvalue weighted by molar-refractivity contribution is 9.10. The maximum Gasteiger partial charge on any atom is 0.191 e. The SMILES string of the molecule is CN=C(NCc1cc(Br)c(OC)c(OC)c1)NCc1nc(C)c(C)s1. The first-order valence-corrected chi connectivity index (χ1v) is 9.37. The van der Waals surface area contributed by atoms with Crippen molar-refractivity contribution in [2.24, 2.45) is 4.99 Å². The van der Waals surface area contributed by atoms with Crippen molar-refractivity contribution < 1.29 is 9.47 Å². The first-order chi connectivity index (χ1) is 12.0. The van der Waals surface area contributed by atoms with Gasteiger partial charge in [-0.3, -0.25) is 4.99 Å². The van der Waals surface area contributed by atoms with Gasteiger partial charge in [0.05, 0.1) is 30.9 Å². The monoisotopic (exact) mass is 426 g/mol. The zero-order valence-electron chi connectivity index (χ0n) is 15.1. The van der Waals surface area contributed by atoms with Crippen LogP contribution in [0.15, 0.2) is 21.6 Å². The zero-order chi connectivity index (χ0) is 18.4. The van der Waals surface area contributed by atoms with Crippen LogP contribution in [0.25, 0.3) is 0 Å². The van der Waals surface area contributed by atoms with Gasteiger partial charge in [0.15, 0.2) is 17.5 Å². The van der Waals surface area contributed by atoms with Gasteiger partial charge < -0.3 is 20.1 Å². The first-order valence-electron chi connectivity index (χ1n) is 7.76. The molecule has 0 aliphatic heterocycles. The van der Waals surface area contributed by atoms with Crippen molar-refractivity contribution in [1.82, 2.24) is 15.6 Å². The Morgan fingerprint density at radius 3 is 2.48 bits per heavy atom. The maximum atomic E-state index is 5.37. The number of hydrogen-bond acceptors (Lipinski definition) is 5. The number of nitrogens with one attached hydrogen (secondary N) is 2. The van der Waals surface area contributed by atoms with Crippen LogP contribution in [0.2, 0.25) is 0 Å². The number of benzene rings is 1. The van der Waals surface area contributed by atoms with E-state index in [9.17, 15) is 0 Å². The van der Waals surface area contributed by atoms with Crippen molar-refractivity contribution in [3.05, 3.63) is 37.7 Å². The van der Waals surface area contributed by atoms with Crippen molar-refractivity contribution >= 4 is 33.2 Å². The molecule has 0 amide bonds. The normalized spacial score (nSPS) is 11.4. The van der Waals surface area contributed by atoms with Crippen molar-refractivity contribution in [2.75, 3.05) is 21.3 Å². The van der Waals surface area contributed by atoms with Crippen LogP contribution in [-0.2, 0) is 13.1 Å². The van der Waals surface area contributed by atoms with E-state index in [2.05, 4.69) is 43.5 Å². The topological polar surface area (TPSA) is 67.8 Å². The van der Waals surface area contributed by atoms with Crippen molar-refractivity contribution in [3.63, 3.8) is 0 Å². The van der Waals surface area contributed by atoms with Gasteiger partial charge in [-0.15, -0.1) is 11.3 Å². The molecule has 25 heavy (non-hydrogen) atoms. The third-order valence-electron chi connectivity index (χ3n) is 3.66. The van der Waals surface area contributed by atoms with E-state index in [-0.39, 0.29) is 0 Å². The van der Waals surface area contributed by atoms with Crippen LogP contribution in [0.5, 0.6) is 11.5 Å². The molecule has 0 spiro atoms. The lowest BCUT2D eigenvalue weighted by Crippen LogP contribution is -2.36. The molecule has 1 aromatic carbocycles. The smallest absolute Gasteiger partial charge is 0.191 e. The molecule has 136 valence electrons. The lowest BCUT2D eigenvalue weighted by molar-refractivity contribution is 0.352. The highest BCUT2D eigenvalue weighted by atomic mass is 79.9. The van der Waals surface area contributed by atoms with Crippen LogP contribution in [0.1, 0.15) is 21.1 Å². The summed E-state index contributed by atoms with van der Waals surface area (Å²) in [4.78, 5) is 10.0. The van der Waals surface area contributed by atoms with Crippen LogP contribution in [0.4, 0.5) is 0 Å². The molecule has 0 bridgehead atoms. The van der Waals surface area contributed by atoms with Crippen molar-refractivity contribution in [2.45, 2.75) is 26.9 Å². The summed E-state index contributed by atoms with van der Waals surface area (Å²) in [6.45, 7) is 5.36. The fourth-order valence-electron chi connectivity index (χ4n) is 2.25. The summed E-state index contributed by atoms with van der Waals surface area (Å²) < 4.78 is 11.6. The number of aryl methyl sites for hydroxylation is 2. The summed E-state index contributed by atoms with van der Waals surface area (Å²) in [5.74, 6) is 2.09. The standard InChI is InChI=1S/C17H23BrN4O2S/c1-10-11(2)25-15(22-10)9-21-17(19-3)20-8-12-6-13(18)16(24-5)14(7-12)23-4/h6-7H,8-9H2,1-5H3,(H2,19,20,21). The molecule has 8 heteroatoms. The van der Waals surface area contributed by atoms with Gasteiger partial charge >= 0.3 is 0 Å². The van der Waals surface area contributed by atoms with Crippen molar-refractivity contribution in [1.29, 1.82) is 0 Å². The summed E-state index contributed by atoms with van der Waals surface area (Å²) in [5, 5.41) is 7.62. The molecule has 0 unspecified atom stereocenters. The highest BCUT2D eigenvalue weighted by Crippen LogP contribution is 2.36. The number of aliphatic imine (C=N–C) groups is 1. The lowest BCUT2D eigenvalue weighted by atomic mass is 10.2. The molecule has 0 aliphatic carbocycles. The van der Waals surface area contributed by atoms with E-state index in [0.717, 1.165) is 26.7 Å². The van der Waals surface area contributed by atoms with Crippen LogP contribution < -0.4 is 20.1 Å². The van der Waals surface area contributed by atoms with Crippen LogP contribution in [-0.4, -0.2) is 32.2 Å². The number of guanidine groups is 1. The summed E-state index contributed by atoms with van der Waals surface area (Å²) in [5.41, 5.74) is 2.13. The van der Waals surface area contributed by atoms with Gasteiger partial charge in [-0.2, -0.15) is 0 Å². The lowest BCUT2D eigenvalue weighted by Gasteiger charge is -2.14. The third kappa shape index (κ3) is 5.09. The quantitative estimate of drug-likeness (QED) is 0.547. The number of rotatable bonds is 6. The number of thiazole rings is 1. The summed E-state index contributed by atoms with van der Waals surface area (Å²) in [6, 6.07) is 3.94. The Morgan fingerprint density at radius 1 is 1.20 bits per heavy atom. The van der Waals surface area contributed by atoms with Gasteiger partial charge in [-0.1, -0.05) is 0 Å². The minimum absolute atomic E-state index is 0.606.